The number of hydrogen-bond donors (Lipinski definition) is 2. The fourth-order valence-electron chi connectivity index (χ4n) is 2.21. The zero-order valence-corrected chi connectivity index (χ0v) is 9.62. The molecule has 3 nitrogen and oxygen atoms in total. The van der Waals surface area contributed by atoms with E-state index in [9.17, 15) is 4.79 Å². The molecule has 0 aliphatic heterocycles. The highest BCUT2D eigenvalue weighted by Crippen LogP contribution is 2.20. The number of benzene rings is 1. The lowest BCUT2D eigenvalue weighted by Gasteiger charge is -2.13. The molecular weight excluding hydrogens is 200 g/mol. The van der Waals surface area contributed by atoms with Gasteiger partial charge in [0.05, 0.1) is 5.56 Å². The predicted molar refractivity (Wildman–Crippen MR) is 65.3 cm³/mol. The van der Waals surface area contributed by atoms with Gasteiger partial charge >= 0.3 is 0 Å². The summed E-state index contributed by atoms with van der Waals surface area (Å²) in [6.07, 6.45) is 4.62. The molecule has 0 heterocycles. The summed E-state index contributed by atoms with van der Waals surface area (Å²) in [4.78, 5) is 12.0. The first kappa shape index (κ1) is 11.0. The minimum absolute atomic E-state index is 0.0342. The number of nitrogen functional groups attached to an aromatic ring is 1. The topological polar surface area (TPSA) is 55.1 Å². The van der Waals surface area contributed by atoms with E-state index in [1.54, 1.807) is 6.07 Å². The summed E-state index contributed by atoms with van der Waals surface area (Å²) in [6.45, 7) is 1.92. The van der Waals surface area contributed by atoms with Gasteiger partial charge in [0.1, 0.15) is 0 Å². The van der Waals surface area contributed by atoms with Gasteiger partial charge in [-0.3, -0.25) is 4.79 Å². The number of aryl methyl sites for hydroxylation is 1. The highest BCUT2D eigenvalue weighted by atomic mass is 16.1. The number of para-hydroxylation sites is 1. The van der Waals surface area contributed by atoms with Crippen molar-refractivity contribution in [3.63, 3.8) is 0 Å². The van der Waals surface area contributed by atoms with Gasteiger partial charge in [-0.05, 0) is 31.4 Å². The SMILES string of the molecule is Cc1cccc(C(=O)NC2CCCC2)c1N. The van der Waals surface area contributed by atoms with Crippen LogP contribution in [0.1, 0.15) is 41.6 Å². The molecule has 0 unspecified atom stereocenters. The van der Waals surface area contributed by atoms with Crippen LogP contribution in [0.3, 0.4) is 0 Å². The lowest BCUT2D eigenvalue weighted by molar-refractivity contribution is 0.0938. The Hall–Kier alpha value is -1.51. The van der Waals surface area contributed by atoms with Crippen molar-refractivity contribution in [1.82, 2.24) is 5.32 Å². The van der Waals surface area contributed by atoms with Crippen LogP contribution in [0.5, 0.6) is 0 Å². The van der Waals surface area contributed by atoms with E-state index in [1.807, 2.05) is 19.1 Å². The van der Waals surface area contributed by atoms with Crippen LogP contribution in [0.2, 0.25) is 0 Å². The molecule has 0 saturated heterocycles. The Balaban J connectivity index is 2.11. The van der Waals surface area contributed by atoms with Crippen LogP contribution >= 0.6 is 0 Å². The van der Waals surface area contributed by atoms with Crippen molar-refractivity contribution in [2.45, 2.75) is 38.6 Å². The van der Waals surface area contributed by atoms with E-state index in [1.165, 1.54) is 12.8 Å². The fraction of sp³-hybridized carbons (Fsp3) is 0.462. The molecule has 0 spiro atoms. The molecule has 1 aromatic rings. The van der Waals surface area contributed by atoms with Crippen molar-refractivity contribution in [3.05, 3.63) is 29.3 Å². The van der Waals surface area contributed by atoms with E-state index in [4.69, 9.17) is 5.73 Å². The predicted octanol–water partition coefficient (Wildman–Crippen LogP) is 2.25. The van der Waals surface area contributed by atoms with E-state index in [-0.39, 0.29) is 5.91 Å². The van der Waals surface area contributed by atoms with Crippen molar-refractivity contribution in [2.24, 2.45) is 0 Å². The maximum atomic E-state index is 12.0. The summed E-state index contributed by atoms with van der Waals surface area (Å²) < 4.78 is 0. The zero-order valence-electron chi connectivity index (χ0n) is 9.62. The van der Waals surface area contributed by atoms with Gasteiger partial charge in [0.2, 0.25) is 0 Å². The van der Waals surface area contributed by atoms with Crippen LogP contribution in [-0.2, 0) is 0 Å². The average Bonchev–Trinajstić information content (AvgIpc) is 2.74. The summed E-state index contributed by atoms with van der Waals surface area (Å²) in [7, 11) is 0. The Morgan fingerprint density at radius 3 is 2.75 bits per heavy atom. The van der Waals surface area contributed by atoms with E-state index < -0.39 is 0 Å². The highest BCUT2D eigenvalue weighted by Gasteiger charge is 2.19. The van der Waals surface area contributed by atoms with E-state index >= 15 is 0 Å². The molecule has 1 aliphatic rings. The Labute approximate surface area is 96.0 Å². The number of anilines is 1. The smallest absolute Gasteiger partial charge is 0.253 e. The second-order valence-electron chi connectivity index (χ2n) is 4.49. The molecule has 2 rings (SSSR count). The van der Waals surface area contributed by atoms with Crippen molar-refractivity contribution in [1.29, 1.82) is 0 Å². The normalized spacial score (nSPS) is 16.3. The molecule has 1 aromatic carbocycles. The van der Waals surface area contributed by atoms with Gasteiger partial charge in [0.15, 0.2) is 0 Å². The second kappa shape index (κ2) is 4.56. The molecule has 1 amide bonds. The summed E-state index contributed by atoms with van der Waals surface area (Å²) in [5, 5.41) is 3.04. The third kappa shape index (κ3) is 2.18. The standard InChI is InChI=1S/C13H18N2O/c1-9-5-4-8-11(12(9)14)13(16)15-10-6-2-3-7-10/h4-5,8,10H,2-3,6-7,14H2,1H3,(H,15,16). The number of carbonyl (C=O) groups is 1. The molecule has 0 aromatic heterocycles. The Kier molecular flexibility index (Phi) is 3.13. The van der Waals surface area contributed by atoms with E-state index in [2.05, 4.69) is 5.32 Å². The summed E-state index contributed by atoms with van der Waals surface area (Å²) in [6, 6.07) is 5.91. The second-order valence-corrected chi connectivity index (χ2v) is 4.49. The Morgan fingerprint density at radius 2 is 2.06 bits per heavy atom. The molecule has 3 N–H and O–H groups in total. The van der Waals surface area contributed by atoms with Gasteiger partial charge in [0.25, 0.3) is 5.91 Å². The minimum Gasteiger partial charge on any atom is -0.398 e. The van der Waals surface area contributed by atoms with Crippen LogP contribution in [0.4, 0.5) is 5.69 Å². The fourth-order valence-corrected chi connectivity index (χ4v) is 2.21. The molecule has 3 heteroatoms. The largest absolute Gasteiger partial charge is 0.398 e. The van der Waals surface area contributed by atoms with Crippen LogP contribution in [0, 0.1) is 6.92 Å². The van der Waals surface area contributed by atoms with Crippen LogP contribution < -0.4 is 11.1 Å². The van der Waals surface area contributed by atoms with Crippen molar-refractivity contribution in [3.8, 4) is 0 Å². The lowest BCUT2D eigenvalue weighted by atomic mass is 10.1. The number of nitrogens with two attached hydrogens (primary N) is 1. The Morgan fingerprint density at radius 1 is 1.38 bits per heavy atom. The number of amides is 1. The highest BCUT2D eigenvalue weighted by molar-refractivity contribution is 5.99. The van der Waals surface area contributed by atoms with Crippen LogP contribution in [-0.4, -0.2) is 11.9 Å². The first-order valence-electron chi connectivity index (χ1n) is 5.84. The molecule has 0 atom stereocenters. The number of carbonyl (C=O) groups excluding carboxylic acids is 1. The van der Waals surface area contributed by atoms with Gasteiger partial charge < -0.3 is 11.1 Å². The molecule has 1 saturated carbocycles. The van der Waals surface area contributed by atoms with Crippen LogP contribution in [0.25, 0.3) is 0 Å². The van der Waals surface area contributed by atoms with Gasteiger partial charge in [-0.15, -0.1) is 0 Å². The third-order valence-electron chi connectivity index (χ3n) is 3.26. The third-order valence-corrected chi connectivity index (χ3v) is 3.26. The molecule has 1 fully saturated rings. The van der Waals surface area contributed by atoms with Gasteiger partial charge in [-0.25, -0.2) is 0 Å². The lowest BCUT2D eigenvalue weighted by Crippen LogP contribution is -2.33. The quantitative estimate of drug-likeness (QED) is 0.748. The van der Waals surface area contributed by atoms with Gasteiger partial charge in [-0.2, -0.15) is 0 Å². The molecule has 1 aliphatic carbocycles. The van der Waals surface area contributed by atoms with Crippen molar-refractivity contribution >= 4 is 11.6 Å². The van der Waals surface area contributed by atoms with Crippen molar-refractivity contribution < 1.29 is 4.79 Å². The molecule has 16 heavy (non-hydrogen) atoms. The summed E-state index contributed by atoms with van der Waals surface area (Å²) in [5.74, 6) is -0.0342. The first-order valence-corrected chi connectivity index (χ1v) is 5.84. The van der Waals surface area contributed by atoms with Gasteiger partial charge in [-0.1, -0.05) is 25.0 Å². The molecule has 0 bridgehead atoms. The van der Waals surface area contributed by atoms with Gasteiger partial charge in [0, 0.05) is 11.7 Å². The average molecular weight is 218 g/mol. The monoisotopic (exact) mass is 218 g/mol. The summed E-state index contributed by atoms with van der Waals surface area (Å²) >= 11 is 0. The number of rotatable bonds is 2. The molecule has 86 valence electrons. The number of hydrogen-bond acceptors (Lipinski definition) is 2. The molecule has 0 radical (unpaired) electrons. The minimum atomic E-state index is -0.0342. The van der Waals surface area contributed by atoms with Crippen LogP contribution in [0.15, 0.2) is 18.2 Å². The van der Waals surface area contributed by atoms with E-state index in [0.717, 1.165) is 18.4 Å². The first-order chi connectivity index (χ1) is 7.68. The van der Waals surface area contributed by atoms with E-state index in [0.29, 0.717) is 17.3 Å². The maximum absolute atomic E-state index is 12.0. The Bertz CT molecular complexity index is 395. The summed E-state index contributed by atoms with van der Waals surface area (Å²) in [5.41, 5.74) is 8.05. The zero-order chi connectivity index (χ0) is 11.5. The molecular formula is C13H18N2O. The number of nitrogens with one attached hydrogen (secondary N) is 1. The maximum Gasteiger partial charge on any atom is 0.253 e. The van der Waals surface area contributed by atoms with Crippen molar-refractivity contribution in [2.75, 3.05) is 5.73 Å².